The maximum absolute atomic E-state index is 13.0. The van der Waals surface area contributed by atoms with E-state index in [1.165, 1.54) is 225 Å². The minimum Gasteiger partial charge on any atom is -0.756 e. The first kappa shape index (κ1) is 69.7. The molecule has 0 aliphatic carbocycles. The van der Waals surface area contributed by atoms with E-state index >= 15 is 0 Å². The molecule has 0 rings (SSSR count). The van der Waals surface area contributed by atoms with Gasteiger partial charge in [0.1, 0.15) is 13.2 Å². The largest absolute Gasteiger partial charge is 0.756 e. The topological polar surface area (TPSA) is 108 Å². The number of aliphatic hydroxyl groups excluding tert-OH is 1. The average Bonchev–Trinajstić information content (AvgIpc) is 3.33. The van der Waals surface area contributed by atoms with Crippen LogP contribution in [0.2, 0.25) is 0 Å². The van der Waals surface area contributed by atoms with Crippen molar-refractivity contribution < 1.29 is 32.9 Å². The Hall–Kier alpha value is -1.28. The molecule has 0 radical (unpaired) electrons. The van der Waals surface area contributed by atoms with Gasteiger partial charge in [-0.15, -0.1) is 0 Å². The van der Waals surface area contributed by atoms with E-state index < -0.39 is 20.0 Å². The maximum atomic E-state index is 13.0. The lowest BCUT2D eigenvalue weighted by molar-refractivity contribution is -0.870. The monoisotopic (exact) mass is 1020 g/mol. The molecule has 0 bridgehead atoms. The second-order valence-electron chi connectivity index (χ2n) is 22.4. The Labute approximate surface area is 442 Å². The second-order valence-corrected chi connectivity index (χ2v) is 23.8. The van der Waals surface area contributed by atoms with Crippen molar-refractivity contribution in [3.05, 3.63) is 36.5 Å². The second kappa shape index (κ2) is 53.5. The van der Waals surface area contributed by atoms with Crippen LogP contribution in [0.5, 0.6) is 0 Å². The van der Waals surface area contributed by atoms with Gasteiger partial charge in [0.25, 0.3) is 7.82 Å². The van der Waals surface area contributed by atoms with E-state index in [4.69, 9.17) is 9.05 Å². The number of aliphatic hydroxyl groups is 1. The van der Waals surface area contributed by atoms with Crippen LogP contribution in [-0.2, 0) is 18.4 Å². The van der Waals surface area contributed by atoms with Gasteiger partial charge in [0.2, 0.25) is 5.91 Å². The molecule has 0 aromatic rings. The van der Waals surface area contributed by atoms with Gasteiger partial charge in [-0.3, -0.25) is 9.36 Å². The van der Waals surface area contributed by atoms with Crippen LogP contribution in [-0.4, -0.2) is 68.5 Å². The molecule has 0 fully saturated rings. The Kier molecular flexibility index (Phi) is 52.6. The molecule has 71 heavy (non-hydrogen) atoms. The van der Waals surface area contributed by atoms with Gasteiger partial charge in [0.05, 0.1) is 39.9 Å². The molecule has 0 aliphatic heterocycles. The molecule has 9 heteroatoms. The van der Waals surface area contributed by atoms with Crippen LogP contribution in [0.4, 0.5) is 0 Å². The summed E-state index contributed by atoms with van der Waals surface area (Å²) in [6.45, 7) is 4.75. The van der Waals surface area contributed by atoms with Crippen molar-refractivity contribution in [2.75, 3.05) is 40.9 Å². The summed E-state index contributed by atoms with van der Waals surface area (Å²) in [7, 11) is 1.31. The number of phosphoric ester groups is 1. The van der Waals surface area contributed by atoms with Crippen molar-refractivity contribution in [3.8, 4) is 0 Å². The summed E-state index contributed by atoms with van der Waals surface area (Å²) in [5.74, 6) is -0.165. The van der Waals surface area contributed by atoms with Crippen molar-refractivity contribution in [1.82, 2.24) is 5.32 Å². The van der Waals surface area contributed by atoms with Gasteiger partial charge in [-0.2, -0.15) is 0 Å². The lowest BCUT2D eigenvalue weighted by atomic mass is 10.0. The van der Waals surface area contributed by atoms with Crippen molar-refractivity contribution in [2.45, 2.75) is 315 Å². The van der Waals surface area contributed by atoms with Crippen molar-refractivity contribution in [2.24, 2.45) is 0 Å². The lowest BCUT2D eigenvalue weighted by Crippen LogP contribution is -2.46. The minimum absolute atomic E-state index is 0.0117. The Morgan fingerprint density at radius 1 is 0.493 bits per heavy atom. The number of amides is 1. The van der Waals surface area contributed by atoms with Gasteiger partial charge in [-0.1, -0.05) is 281 Å². The Bertz CT molecular complexity index is 1250. The molecule has 1 amide bonds. The standard InChI is InChI=1S/C62H121N2O6P/c1-6-8-10-12-14-16-18-20-22-24-26-28-30-32-34-36-38-40-42-44-46-48-50-52-54-56-62(66)63-60(59-70-71(67,68)69-58-57-64(3,4)5)61(65)55-53-51-49-47-45-43-41-39-37-35-33-31-29-27-25-23-21-19-17-15-13-11-9-7-2/h18,20,24,26,30,32,60-61,65H,6-17,19,21-23,25,27-29,31,33-59H2,1-5H3,(H-,63,66,67,68)/b20-18-,26-24-,32-30-. The van der Waals surface area contributed by atoms with E-state index in [0.717, 1.165) is 51.4 Å². The molecule has 3 unspecified atom stereocenters. The van der Waals surface area contributed by atoms with Crippen molar-refractivity contribution in [1.29, 1.82) is 0 Å². The van der Waals surface area contributed by atoms with Crippen molar-refractivity contribution in [3.63, 3.8) is 0 Å². The van der Waals surface area contributed by atoms with Gasteiger partial charge in [-0.05, 0) is 51.4 Å². The Morgan fingerprint density at radius 3 is 1.18 bits per heavy atom. The van der Waals surface area contributed by atoms with E-state index in [-0.39, 0.29) is 19.1 Å². The van der Waals surface area contributed by atoms with Crippen LogP contribution in [0.25, 0.3) is 0 Å². The highest BCUT2D eigenvalue weighted by molar-refractivity contribution is 7.45. The fraction of sp³-hybridized carbons (Fsp3) is 0.887. The first-order valence-electron chi connectivity index (χ1n) is 30.8. The van der Waals surface area contributed by atoms with Crippen LogP contribution in [0.1, 0.15) is 303 Å². The minimum atomic E-state index is -4.58. The van der Waals surface area contributed by atoms with E-state index in [1.807, 2.05) is 21.1 Å². The van der Waals surface area contributed by atoms with Gasteiger partial charge >= 0.3 is 0 Å². The number of unbranched alkanes of at least 4 members (excludes halogenated alkanes) is 38. The molecule has 0 spiro atoms. The summed E-state index contributed by atoms with van der Waals surface area (Å²) in [6.07, 6.45) is 68.9. The lowest BCUT2D eigenvalue weighted by Gasteiger charge is -2.30. The summed E-state index contributed by atoms with van der Waals surface area (Å²) < 4.78 is 23.5. The number of quaternary nitrogens is 1. The number of allylic oxidation sites excluding steroid dienone is 6. The van der Waals surface area contributed by atoms with Gasteiger partial charge in [0.15, 0.2) is 0 Å². The van der Waals surface area contributed by atoms with E-state index in [9.17, 15) is 19.4 Å². The predicted molar refractivity (Wildman–Crippen MR) is 307 cm³/mol. The molecular formula is C62H121N2O6P. The summed E-state index contributed by atoms with van der Waals surface area (Å²) in [5, 5.41) is 14.1. The van der Waals surface area contributed by atoms with Crippen molar-refractivity contribution >= 4 is 13.7 Å². The van der Waals surface area contributed by atoms with Crippen LogP contribution in [0, 0.1) is 0 Å². The highest BCUT2D eigenvalue weighted by atomic mass is 31.2. The fourth-order valence-corrected chi connectivity index (χ4v) is 10.0. The third-order valence-electron chi connectivity index (χ3n) is 14.1. The highest BCUT2D eigenvalue weighted by Crippen LogP contribution is 2.38. The van der Waals surface area contributed by atoms with E-state index in [1.54, 1.807) is 0 Å². The molecule has 0 aromatic carbocycles. The van der Waals surface area contributed by atoms with Gasteiger partial charge < -0.3 is 28.8 Å². The zero-order valence-corrected chi connectivity index (χ0v) is 48.8. The third-order valence-corrected chi connectivity index (χ3v) is 15.1. The summed E-state index contributed by atoms with van der Waals surface area (Å²) >= 11 is 0. The number of phosphoric acid groups is 1. The van der Waals surface area contributed by atoms with Crippen LogP contribution in [0.15, 0.2) is 36.5 Å². The number of hydrogen-bond donors (Lipinski definition) is 2. The molecule has 0 saturated carbocycles. The first-order chi connectivity index (χ1) is 34.5. The Morgan fingerprint density at radius 2 is 0.817 bits per heavy atom. The smallest absolute Gasteiger partial charge is 0.268 e. The zero-order chi connectivity index (χ0) is 52.0. The molecule has 3 atom stereocenters. The third kappa shape index (κ3) is 56.3. The molecule has 8 nitrogen and oxygen atoms in total. The quantitative estimate of drug-likeness (QED) is 0.0272. The van der Waals surface area contributed by atoms with E-state index in [0.29, 0.717) is 23.9 Å². The fourth-order valence-electron chi connectivity index (χ4n) is 9.29. The predicted octanol–water partition coefficient (Wildman–Crippen LogP) is 18.3. The Balaban J connectivity index is 4.14. The number of rotatable bonds is 57. The van der Waals surface area contributed by atoms with Crippen LogP contribution < -0.4 is 10.2 Å². The number of nitrogens with zero attached hydrogens (tertiary/aromatic N) is 1. The average molecular weight is 1020 g/mol. The number of carbonyl (C=O) groups is 1. The summed E-state index contributed by atoms with van der Waals surface area (Å²) in [5.41, 5.74) is 0. The number of nitrogens with one attached hydrogen (secondary N) is 1. The van der Waals surface area contributed by atoms with E-state index in [2.05, 4.69) is 55.6 Å². The number of carbonyl (C=O) groups excluding carboxylic acids is 1. The SMILES string of the molecule is CCCCCCC/C=C\C/C=C\C/C=C\CCCCCCCCCCCCC(=O)NC(COP(=O)([O-])OCC[N+](C)(C)C)C(O)CCCCCCCCCCCCCCCCCCCCCCCCCC. The maximum Gasteiger partial charge on any atom is 0.268 e. The normalized spacial score (nSPS) is 14.1. The highest BCUT2D eigenvalue weighted by Gasteiger charge is 2.24. The molecule has 420 valence electrons. The first-order valence-corrected chi connectivity index (χ1v) is 32.3. The molecule has 0 heterocycles. The van der Waals surface area contributed by atoms with Crippen LogP contribution in [0.3, 0.4) is 0 Å². The molecule has 2 N–H and O–H groups in total. The molecule has 0 aromatic heterocycles. The van der Waals surface area contributed by atoms with Crippen LogP contribution >= 0.6 is 7.82 Å². The number of likely N-dealkylation sites (N-methyl/N-ethyl adjacent to an activating group) is 1. The molecule has 0 aliphatic rings. The summed E-state index contributed by atoms with van der Waals surface area (Å²) in [4.78, 5) is 25.6. The van der Waals surface area contributed by atoms with Gasteiger partial charge in [-0.25, -0.2) is 0 Å². The molecule has 0 saturated heterocycles. The number of hydrogen-bond acceptors (Lipinski definition) is 6. The zero-order valence-electron chi connectivity index (χ0n) is 47.9. The van der Waals surface area contributed by atoms with Gasteiger partial charge in [0, 0.05) is 6.42 Å². The summed E-state index contributed by atoms with van der Waals surface area (Å²) in [6, 6.07) is -0.804. The molecular weight excluding hydrogens is 900 g/mol.